The van der Waals surface area contributed by atoms with Gasteiger partial charge in [0.1, 0.15) is 6.10 Å². The van der Waals surface area contributed by atoms with Crippen LogP contribution in [0, 0.1) is 0 Å². The van der Waals surface area contributed by atoms with Crippen LogP contribution < -0.4 is 5.32 Å². The van der Waals surface area contributed by atoms with Gasteiger partial charge in [-0.3, -0.25) is 9.59 Å². The number of hydrogen-bond acceptors (Lipinski definition) is 5. The molecule has 0 aliphatic heterocycles. The standard InChI is InChI=1S/C52H101NO5/c1-4-7-10-13-16-19-22-25-26-27-28-31-34-37-40-43-48(58-52(57)45-42-39-36-33-30-24-21-18-15-12-9-6-3)46-51(56)53-49(47-54)50(55)44-41-38-35-32-29-23-20-17-14-11-8-5-2/h18,21,48-50,54-55H,4-17,19-20,22-47H2,1-3H3,(H,53,56)/b21-18-. The first-order chi connectivity index (χ1) is 28.5. The Kier molecular flexibility index (Phi) is 45.5. The number of amides is 1. The lowest BCUT2D eigenvalue weighted by molar-refractivity contribution is -0.151. The second kappa shape index (κ2) is 46.7. The van der Waals surface area contributed by atoms with E-state index in [1.165, 1.54) is 186 Å². The lowest BCUT2D eigenvalue weighted by Gasteiger charge is -2.24. The summed E-state index contributed by atoms with van der Waals surface area (Å²) in [4.78, 5) is 26.1. The number of allylic oxidation sites excluding steroid dienone is 2. The van der Waals surface area contributed by atoms with Gasteiger partial charge in [-0.2, -0.15) is 0 Å². The van der Waals surface area contributed by atoms with Gasteiger partial charge in [0.05, 0.1) is 25.2 Å². The Balaban J connectivity index is 4.55. The van der Waals surface area contributed by atoms with E-state index in [9.17, 15) is 19.8 Å². The Bertz CT molecular complexity index is 878. The zero-order chi connectivity index (χ0) is 42.4. The number of esters is 1. The molecule has 0 radical (unpaired) electrons. The molecule has 6 nitrogen and oxygen atoms in total. The molecule has 6 heteroatoms. The van der Waals surface area contributed by atoms with E-state index in [1.54, 1.807) is 0 Å². The predicted octanol–water partition coefficient (Wildman–Crippen LogP) is 15.3. The van der Waals surface area contributed by atoms with Crippen LogP contribution in [0.25, 0.3) is 0 Å². The normalized spacial score (nSPS) is 13.3. The highest BCUT2D eigenvalue weighted by atomic mass is 16.5. The highest BCUT2D eigenvalue weighted by Crippen LogP contribution is 2.18. The number of unbranched alkanes of at least 4 members (excludes halogenated alkanes) is 33. The number of ether oxygens (including phenoxy) is 1. The van der Waals surface area contributed by atoms with Crippen molar-refractivity contribution in [3.05, 3.63) is 12.2 Å². The maximum absolute atomic E-state index is 13.2. The summed E-state index contributed by atoms with van der Waals surface area (Å²) in [5.74, 6) is -0.467. The molecule has 0 aliphatic rings. The Morgan fingerprint density at radius 1 is 0.483 bits per heavy atom. The molecule has 0 aromatic carbocycles. The molecule has 3 unspecified atom stereocenters. The van der Waals surface area contributed by atoms with Gasteiger partial charge in [0.15, 0.2) is 0 Å². The van der Waals surface area contributed by atoms with Crippen molar-refractivity contribution in [2.45, 2.75) is 302 Å². The van der Waals surface area contributed by atoms with Gasteiger partial charge < -0.3 is 20.3 Å². The highest BCUT2D eigenvalue weighted by molar-refractivity contribution is 5.77. The Morgan fingerprint density at radius 2 is 0.828 bits per heavy atom. The van der Waals surface area contributed by atoms with E-state index < -0.39 is 18.2 Å². The number of carbonyl (C=O) groups excluding carboxylic acids is 2. The van der Waals surface area contributed by atoms with Gasteiger partial charge >= 0.3 is 5.97 Å². The Labute approximate surface area is 361 Å². The fraction of sp³-hybridized carbons (Fsp3) is 0.923. The molecule has 3 atom stereocenters. The predicted molar refractivity (Wildman–Crippen MR) is 250 cm³/mol. The third-order valence-electron chi connectivity index (χ3n) is 12.1. The van der Waals surface area contributed by atoms with Gasteiger partial charge in [-0.1, -0.05) is 232 Å². The molecule has 0 heterocycles. The Morgan fingerprint density at radius 3 is 1.26 bits per heavy atom. The fourth-order valence-corrected chi connectivity index (χ4v) is 8.13. The molecule has 3 N–H and O–H groups in total. The van der Waals surface area contributed by atoms with E-state index in [2.05, 4.69) is 38.2 Å². The van der Waals surface area contributed by atoms with E-state index >= 15 is 0 Å². The summed E-state index contributed by atoms with van der Waals surface area (Å²) in [6.45, 7) is 6.48. The summed E-state index contributed by atoms with van der Waals surface area (Å²) < 4.78 is 5.93. The lowest BCUT2D eigenvalue weighted by atomic mass is 10.0. The number of hydrogen-bond donors (Lipinski definition) is 3. The Hall–Kier alpha value is -1.40. The molecule has 1 amide bonds. The van der Waals surface area contributed by atoms with E-state index in [4.69, 9.17) is 4.74 Å². The number of carbonyl (C=O) groups is 2. The van der Waals surface area contributed by atoms with E-state index in [1.807, 2.05) is 0 Å². The number of rotatable bonds is 47. The van der Waals surface area contributed by atoms with Crippen LogP contribution >= 0.6 is 0 Å². The monoisotopic (exact) mass is 820 g/mol. The fourth-order valence-electron chi connectivity index (χ4n) is 8.13. The first-order valence-corrected chi connectivity index (χ1v) is 25.9. The van der Waals surface area contributed by atoms with Crippen LogP contribution in [-0.2, 0) is 14.3 Å². The number of aliphatic hydroxyl groups excluding tert-OH is 2. The summed E-state index contributed by atoms with van der Waals surface area (Å²) in [6.07, 6.45) is 51.2. The van der Waals surface area contributed by atoms with Gasteiger partial charge in [0.2, 0.25) is 5.91 Å². The van der Waals surface area contributed by atoms with Crippen LogP contribution in [-0.4, -0.2) is 46.9 Å². The SMILES string of the molecule is CCCCC/C=C\CCCCCCCC(=O)OC(CCCCCCCCCCCCCCCCC)CC(=O)NC(CO)C(O)CCCCCCCCCCCCCC. The molecule has 0 saturated carbocycles. The van der Waals surface area contributed by atoms with E-state index in [0.29, 0.717) is 19.3 Å². The van der Waals surface area contributed by atoms with Crippen molar-refractivity contribution >= 4 is 11.9 Å². The van der Waals surface area contributed by atoms with Crippen molar-refractivity contribution in [1.82, 2.24) is 5.32 Å². The molecular weight excluding hydrogens is 719 g/mol. The van der Waals surface area contributed by atoms with Crippen molar-refractivity contribution in [2.24, 2.45) is 0 Å². The molecule has 0 fully saturated rings. The molecule has 0 aromatic rings. The summed E-state index contributed by atoms with van der Waals surface area (Å²) in [7, 11) is 0. The van der Waals surface area contributed by atoms with Gasteiger partial charge in [0.25, 0.3) is 0 Å². The second-order valence-corrected chi connectivity index (χ2v) is 17.9. The van der Waals surface area contributed by atoms with Crippen LogP contribution in [0.5, 0.6) is 0 Å². The first-order valence-electron chi connectivity index (χ1n) is 25.9. The maximum Gasteiger partial charge on any atom is 0.306 e. The van der Waals surface area contributed by atoms with Crippen LogP contribution in [0.1, 0.15) is 284 Å². The van der Waals surface area contributed by atoms with Crippen LogP contribution in [0.15, 0.2) is 12.2 Å². The molecule has 0 rings (SSSR count). The quantitative estimate of drug-likeness (QED) is 0.0323. The summed E-state index contributed by atoms with van der Waals surface area (Å²) in [5, 5.41) is 23.7. The molecule has 0 aromatic heterocycles. The van der Waals surface area contributed by atoms with Crippen LogP contribution in [0.4, 0.5) is 0 Å². The third kappa shape index (κ3) is 41.3. The highest BCUT2D eigenvalue weighted by Gasteiger charge is 2.24. The summed E-state index contributed by atoms with van der Waals surface area (Å²) in [5.41, 5.74) is 0. The van der Waals surface area contributed by atoms with Crippen molar-refractivity contribution in [1.29, 1.82) is 0 Å². The van der Waals surface area contributed by atoms with Gasteiger partial charge in [-0.05, 0) is 51.4 Å². The van der Waals surface area contributed by atoms with Crippen molar-refractivity contribution in [2.75, 3.05) is 6.61 Å². The van der Waals surface area contributed by atoms with E-state index in [-0.39, 0.29) is 24.9 Å². The van der Waals surface area contributed by atoms with Crippen molar-refractivity contribution < 1.29 is 24.5 Å². The van der Waals surface area contributed by atoms with Gasteiger partial charge in [0, 0.05) is 6.42 Å². The summed E-state index contributed by atoms with van der Waals surface area (Å²) in [6, 6.07) is -0.695. The van der Waals surface area contributed by atoms with Gasteiger partial charge in [-0.15, -0.1) is 0 Å². The minimum Gasteiger partial charge on any atom is -0.462 e. The molecule has 0 spiro atoms. The van der Waals surface area contributed by atoms with Crippen molar-refractivity contribution in [3.63, 3.8) is 0 Å². The summed E-state index contributed by atoms with van der Waals surface area (Å²) >= 11 is 0. The molecule has 344 valence electrons. The van der Waals surface area contributed by atoms with Crippen LogP contribution in [0.2, 0.25) is 0 Å². The first kappa shape index (κ1) is 56.6. The number of nitrogens with one attached hydrogen (secondary N) is 1. The van der Waals surface area contributed by atoms with Gasteiger partial charge in [-0.25, -0.2) is 0 Å². The number of aliphatic hydroxyl groups is 2. The molecular formula is C52H101NO5. The minimum absolute atomic E-state index is 0.0815. The maximum atomic E-state index is 13.2. The minimum atomic E-state index is -0.782. The second-order valence-electron chi connectivity index (χ2n) is 17.9. The average molecular weight is 820 g/mol. The van der Waals surface area contributed by atoms with Crippen LogP contribution in [0.3, 0.4) is 0 Å². The lowest BCUT2D eigenvalue weighted by Crippen LogP contribution is -2.46. The van der Waals surface area contributed by atoms with E-state index in [0.717, 1.165) is 51.4 Å². The average Bonchev–Trinajstić information content (AvgIpc) is 3.22. The topological polar surface area (TPSA) is 95.9 Å². The third-order valence-corrected chi connectivity index (χ3v) is 12.1. The van der Waals surface area contributed by atoms with Crippen molar-refractivity contribution in [3.8, 4) is 0 Å². The largest absolute Gasteiger partial charge is 0.462 e. The molecule has 0 aliphatic carbocycles. The zero-order valence-corrected chi connectivity index (χ0v) is 39.2. The smallest absolute Gasteiger partial charge is 0.306 e. The molecule has 0 bridgehead atoms. The molecule has 0 saturated heterocycles. The zero-order valence-electron chi connectivity index (χ0n) is 39.2. The molecule has 58 heavy (non-hydrogen) atoms.